The predicted molar refractivity (Wildman–Crippen MR) is 170 cm³/mol. The molecule has 1 saturated heterocycles. The maximum absolute atomic E-state index is 15.5. The number of methoxy groups -OCH3 is 1. The number of rotatable bonds is 11. The summed E-state index contributed by atoms with van der Waals surface area (Å²) in [7, 11) is -0.496. The van der Waals surface area contributed by atoms with Gasteiger partial charge < -0.3 is 19.7 Å². The number of carbonyl (C=O) groups excluding carboxylic acids is 1. The summed E-state index contributed by atoms with van der Waals surface area (Å²) in [6, 6.07) is 11.4. The summed E-state index contributed by atoms with van der Waals surface area (Å²) in [5, 5.41) is 2.44. The topological polar surface area (TPSA) is 128 Å². The van der Waals surface area contributed by atoms with E-state index in [9.17, 15) is 26.8 Å². The van der Waals surface area contributed by atoms with Gasteiger partial charge in [-0.1, -0.05) is 6.07 Å². The molecule has 0 radical (unpaired) electrons. The van der Waals surface area contributed by atoms with Crippen LogP contribution in [0, 0.1) is 11.6 Å². The van der Waals surface area contributed by atoms with E-state index in [0.717, 1.165) is 28.9 Å². The third-order valence-electron chi connectivity index (χ3n) is 7.75. The molecular formula is C31H32F4N6O6S. The summed E-state index contributed by atoms with van der Waals surface area (Å²) >= 11 is 0. The Kier molecular flexibility index (Phi) is 10.1. The van der Waals surface area contributed by atoms with Gasteiger partial charge in [-0.2, -0.15) is 13.5 Å². The number of nitrogens with one attached hydrogen (secondary N) is 1. The minimum absolute atomic E-state index is 0.0478. The number of benzene rings is 2. The van der Waals surface area contributed by atoms with E-state index >= 15 is 8.78 Å². The van der Waals surface area contributed by atoms with E-state index in [4.69, 9.17) is 4.74 Å². The van der Waals surface area contributed by atoms with Gasteiger partial charge in [0, 0.05) is 63.7 Å². The number of sulfone groups is 1. The summed E-state index contributed by atoms with van der Waals surface area (Å²) in [4.78, 5) is 35.9. The molecule has 1 amide bonds. The molecule has 1 aliphatic heterocycles. The molecule has 0 aliphatic carbocycles. The number of piperazine rings is 1. The molecule has 256 valence electrons. The van der Waals surface area contributed by atoms with Gasteiger partial charge in [-0.05, 0) is 36.4 Å². The first-order valence-corrected chi connectivity index (χ1v) is 16.7. The molecule has 2 aromatic heterocycles. The van der Waals surface area contributed by atoms with Crippen LogP contribution in [-0.4, -0.2) is 92.0 Å². The molecule has 0 spiro atoms. The number of hydrogen-bond acceptors (Lipinski definition) is 9. The minimum Gasteiger partial charge on any atom is -0.497 e. The normalized spacial score (nSPS) is 14.0. The summed E-state index contributed by atoms with van der Waals surface area (Å²) in [5.41, 5.74) is -2.31. The Morgan fingerprint density at radius 2 is 1.60 bits per heavy atom. The third-order valence-corrected chi connectivity index (χ3v) is 8.67. The van der Waals surface area contributed by atoms with Crippen molar-refractivity contribution in [3.63, 3.8) is 0 Å². The van der Waals surface area contributed by atoms with Crippen LogP contribution in [-0.2, 0) is 16.9 Å². The van der Waals surface area contributed by atoms with Crippen molar-refractivity contribution in [3.05, 3.63) is 82.1 Å². The molecule has 12 nitrogen and oxygen atoms in total. The molecule has 3 heterocycles. The number of amides is 1. The van der Waals surface area contributed by atoms with E-state index in [2.05, 4.69) is 15.0 Å². The quantitative estimate of drug-likeness (QED) is 0.235. The Morgan fingerprint density at radius 1 is 0.979 bits per heavy atom. The van der Waals surface area contributed by atoms with Crippen molar-refractivity contribution in [1.82, 2.24) is 19.2 Å². The molecule has 5 rings (SSSR count). The van der Waals surface area contributed by atoms with E-state index in [1.807, 2.05) is 9.80 Å². The Bertz CT molecular complexity index is 1950. The van der Waals surface area contributed by atoms with E-state index < -0.39 is 50.8 Å². The molecule has 1 aliphatic rings. The zero-order chi connectivity index (χ0) is 34.7. The van der Waals surface area contributed by atoms with Crippen molar-refractivity contribution < 1.29 is 40.2 Å². The number of halogens is 4. The average Bonchev–Trinajstić information content (AvgIpc) is 3.27. The summed E-state index contributed by atoms with van der Waals surface area (Å²) in [6.45, 7) is -0.458. The Labute approximate surface area is 273 Å². The van der Waals surface area contributed by atoms with Gasteiger partial charge in [0.25, 0.3) is 11.5 Å². The highest BCUT2D eigenvalue weighted by Crippen LogP contribution is 2.34. The van der Waals surface area contributed by atoms with Gasteiger partial charge in [-0.25, -0.2) is 22.2 Å². The number of pyridine rings is 1. The number of ether oxygens (including phenoxy) is 2. The lowest BCUT2D eigenvalue weighted by molar-refractivity contribution is -0.0498. The highest BCUT2D eigenvalue weighted by molar-refractivity contribution is 7.90. The number of carbonyl (C=O) groups is 1. The second-order valence-electron chi connectivity index (χ2n) is 11.0. The second kappa shape index (κ2) is 14.1. The molecule has 0 saturated carbocycles. The zero-order valence-corrected chi connectivity index (χ0v) is 26.9. The van der Waals surface area contributed by atoms with Gasteiger partial charge in [0.2, 0.25) is 0 Å². The standard InChI is InChI=1S/C31H32F4N6O6S/c1-38-28(26-22(32)17-21(46-2)18-23(26)33)27(37-29(42)19-7-9-20(10-8-19)47-31(34)35)30(43)41(38)25-6-4-5-24(36-25)40-13-11-39(12-14-40)15-16-48(3,44)45/h4-10,17-18,31H,11-16H2,1-3H3,(H,37,42). The second-order valence-corrected chi connectivity index (χ2v) is 13.3. The lowest BCUT2D eigenvalue weighted by atomic mass is 10.1. The highest BCUT2D eigenvalue weighted by atomic mass is 32.2. The van der Waals surface area contributed by atoms with Crippen LogP contribution in [0.5, 0.6) is 11.5 Å². The fourth-order valence-electron chi connectivity index (χ4n) is 5.33. The Balaban J connectivity index is 1.52. The van der Waals surface area contributed by atoms with Crippen LogP contribution < -0.4 is 25.2 Å². The predicted octanol–water partition coefficient (Wildman–Crippen LogP) is 3.55. The number of aromatic nitrogens is 3. The minimum atomic E-state index is -3.11. The van der Waals surface area contributed by atoms with Crippen LogP contribution in [0.4, 0.5) is 29.1 Å². The van der Waals surface area contributed by atoms with Crippen LogP contribution >= 0.6 is 0 Å². The molecule has 0 unspecified atom stereocenters. The van der Waals surface area contributed by atoms with Crippen LogP contribution in [0.2, 0.25) is 0 Å². The van der Waals surface area contributed by atoms with Crippen molar-refractivity contribution in [2.45, 2.75) is 6.61 Å². The zero-order valence-electron chi connectivity index (χ0n) is 26.1. The van der Waals surface area contributed by atoms with E-state index in [1.54, 1.807) is 12.1 Å². The van der Waals surface area contributed by atoms with Crippen molar-refractivity contribution in [2.75, 3.05) is 62.1 Å². The highest BCUT2D eigenvalue weighted by Gasteiger charge is 2.29. The third kappa shape index (κ3) is 7.62. The largest absolute Gasteiger partial charge is 0.497 e. The lowest BCUT2D eigenvalue weighted by Gasteiger charge is -2.35. The van der Waals surface area contributed by atoms with Gasteiger partial charge >= 0.3 is 6.61 Å². The molecule has 4 aromatic rings. The molecular weight excluding hydrogens is 660 g/mol. The molecule has 1 fully saturated rings. The number of alkyl halides is 2. The number of nitrogens with zero attached hydrogens (tertiary/aromatic N) is 5. The lowest BCUT2D eigenvalue weighted by Crippen LogP contribution is -2.48. The fraction of sp³-hybridized carbons (Fsp3) is 0.323. The van der Waals surface area contributed by atoms with Crippen molar-refractivity contribution in [2.24, 2.45) is 7.05 Å². The SMILES string of the molecule is COc1cc(F)c(-c2c(NC(=O)c3ccc(OC(F)F)cc3)c(=O)n(-c3cccc(N4CCN(CCS(C)(=O)=O)CC4)n3)n2C)c(F)c1. The van der Waals surface area contributed by atoms with E-state index in [1.165, 1.54) is 43.3 Å². The van der Waals surface area contributed by atoms with Gasteiger partial charge in [-0.3, -0.25) is 19.2 Å². The first-order valence-electron chi connectivity index (χ1n) is 14.6. The van der Waals surface area contributed by atoms with Crippen LogP contribution in [0.25, 0.3) is 17.1 Å². The van der Waals surface area contributed by atoms with Crippen LogP contribution in [0.15, 0.2) is 59.4 Å². The monoisotopic (exact) mass is 692 g/mol. The van der Waals surface area contributed by atoms with Gasteiger partial charge in [-0.15, -0.1) is 0 Å². The smallest absolute Gasteiger partial charge is 0.387 e. The van der Waals surface area contributed by atoms with Gasteiger partial charge in [0.05, 0.1) is 18.4 Å². The molecule has 48 heavy (non-hydrogen) atoms. The van der Waals surface area contributed by atoms with E-state index in [0.29, 0.717) is 38.5 Å². The van der Waals surface area contributed by atoms with Crippen LogP contribution in [0.3, 0.4) is 0 Å². The molecule has 1 N–H and O–H groups in total. The van der Waals surface area contributed by atoms with E-state index in [-0.39, 0.29) is 34.3 Å². The average molecular weight is 693 g/mol. The Hall–Kier alpha value is -4.90. The first kappa shape index (κ1) is 34.4. The molecule has 2 aromatic carbocycles. The van der Waals surface area contributed by atoms with Crippen molar-refractivity contribution >= 4 is 27.2 Å². The molecule has 17 heteroatoms. The van der Waals surface area contributed by atoms with Crippen molar-refractivity contribution in [1.29, 1.82) is 0 Å². The molecule has 0 bridgehead atoms. The summed E-state index contributed by atoms with van der Waals surface area (Å²) in [5.74, 6) is -2.68. The maximum Gasteiger partial charge on any atom is 0.387 e. The van der Waals surface area contributed by atoms with Gasteiger partial charge in [0.1, 0.15) is 50.2 Å². The number of hydrogen-bond donors (Lipinski definition) is 1. The Morgan fingerprint density at radius 3 is 2.19 bits per heavy atom. The van der Waals surface area contributed by atoms with Crippen molar-refractivity contribution in [3.8, 4) is 28.6 Å². The van der Waals surface area contributed by atoms with Gasteiger partial charge in [0.15, 0.2) is 5.82 Å². The summed E-state index contributed by atoms with van der Waals surface area (Å²) in [6.07, 6.45) is 1.19. The summed E-state index contributed by atoms with van der Waals surface area (Å²) < 4.78 is 90.7. The molecule has 0 atom stereocenters. The first-order chi connectivity index (χ1) is 22.8. The van der Waals surface area contributed by atoms with Crippen LogP contribution in [0.1, 0.15) is 10.4 Å². The fourth-order valence-corrected chi connectivity index (χ4v) is 5.92. The maximum atomic E-state index is 15.5. The number of anilines is 2.